The lowest BCUT2D eigenvalue weighted by Gasteiger charge is -2.41. The Labute approximate surface area is 243 Å². The maximum absolute atomic E-state index is 14.5. The summed E-state index contributed by atoms with van der Waals surface area (Å²) >= 11 is 7.93. The molecule has 8 nitrogen and oxygen atoms in total. The van der Waals surface area contributed by atoms with Gasteiger partial charge in [0, 0.05) is 46.7 Å². The monoisotopic (exact) mass is 603 g/mol. The Balaban J connectivity index is 1.35. The summed E-state index contributed by atoms with van der Waals surface area (Å²) in [7, 11) is 2.07. The van der Waals surface area contributed by atoms with Gasteiger partial charge < -0.3 is 25.6 Å². The van der Waals surface area contributed by atoms with E-state index in [1.165, 1.54) is 6.07 Å². The number of halogens is 4. The van der Waals surface area contributed by atoms with E-state index < -0.39 is 17.8 Å². The molecule has 2 aromatic heterocycles. The predicted molar refractivity (Wildman–Crippen MR) is 156 cm³/mol. The highest BCUT2D eigenvalue weighted by molar-refractivity contribution is 7.22. The number of fused-ring (bicyclic) bond motifs is 4. The van der Waals surface area contributed by atoms with Crippen molar-refractivity contribution < 1.29 is 17.9 Å². The van der Waals surface area contributed by atoms with E-state index in [1.54, 1.807) is 18.2 Å². The maximum Gasteiger partial charge on any atom is 0.319 e. The zero-order valence-corrected chi connectivity index (χ0v) is 23.9. The lowest BCUT2D eigenvalue weighted by Crippen LogP contribution is -2.63. The van der Waals surface area contributed by atoms with Crippen molar-refractivity contribution in [2.75, 3.05) is 43.9 Å². The van der Waals surface area contributed by atoms with E-state index in [0.29, 0.717) is 69.1 Å². The summed E-state index contributed by atoms with van der Waals surface area (Å²) in [6.07, 6.45) is 0.669. The van der Waals surface area contributed by atoms with Crippen LogP contribution in [0.5, 0.6) is 6.01 Å². The molecule has 7 rings (SSSR count). The molecule has 3 aliphatic heterocycles. The maximum atomic E-state index is 14.5. The van der Waals surface area contributed by atoms with E-state index in [-0.39, 0.29) is 29.8 Å². The molecule has 0 saturated carbocycles. The normalized spacial score (nSPS) is 24.8. The Bertz CT molecular complexity index is 1650. The van der Waals surface area contributed by atoms with Crippen molar-refractivity contribution in [2.24, 2.45) is 0 Å². The number of hydrogen-bond acceptors (Lipinski definition) is 9. The minimum absolute atomic E-state index is 0.0726. The Morgan fingerprint density at radius 3 is 2.85 bits per heavy atom. The highest BCUT2D eigenvalue weighted by Crippen LogP contribution is 2.42. The fourth-order valence-electron chi connectivity index (χ4n) is 6.51. The van der Waals surface area contributed by atoms with Crippen LogP contribution in [0.3, 0.4) is 0 Å². The Kier molecular flexibility index (Phi) is 6.64. The van der Waals surface area contributed by atoms with Crippen molar-refractivity contribution in [1.82, 2.24) is 25.2 Å². The number of ether oxygens (including phenoxy) is 1. The molecule has 3 unspecified atom stereocenters. The van der Waals surface area contributed by atoms with Gasteiger partial charge in [-0.1, -0.05) is 22.9 Å². The Morgan fingerprint density at radius 1 is 1.22 bits per heavy atom. The molecule has 0 radical (unpaired) electrons. The van der Waals surface area contributed by atoms with E-state index in [2.05, 4.69) is 22.2 Å². The number of aromatic nitrogens is 3. The van der Waals surface area contributed by atoms with Crippen LogP contribution in [0.4, 0.5) is 24.1 Å². The molecule has 0 amide bonds. The quantitative estimate of drug-likeness (QED) is 0.306. The van der Waals surface area contributed by atoms with Gasteiger partial charge in [-0.25, -0.2) is 18.2 Å². The highest BCUT2D eigenvalue weighted by Gasteiger charge is 2.51. The summed E-state index contributed by atoms with van der Waals surface area (Å²) in [6, 6.07) is 6.91. The zero-order chi connectivity index (χ0) is 28.5. The topological polar surface area (TPSA) is 92.4 Å². The number of piperazine rings is 1. The first-order valence-corrected chi connectivity index (χ1v) is 14.9. The molecule has 13 heteroatoms. The van der Waals surface area contributed by atoms with Crippen molar-refractivity contribution in [2.45, 2.75) is 49.7 Å². The Morgan fingerprint density at radius 2 is 2.07 bits per heavy atom. The summed E-state index contributed by atoms with van der Waals surface area (Å²) in [5, 5.41) is 4.42. The van der Waals surface area contributed by atoms with E-state index in [9.17, 15) is 13.2 Å². The largest absolute Gasteiger partial charge is 0.462 e. The lowest BCUT2D eigenvalue weighted by molar-refractivity contribution is 0.0367. The number of alkyl halides is 2. The second-order valence-electron chi connectivity index (χ2n) is 11.3. The van der Waals surface area contributed by atoms with Gasteiger partial charge in [0.2, 0.25) is 0 Å². The molecule has 3 N–H and O–H groups in total. The first-order chi connectivity index (χ1) is 19.7. The number of nitrogen functional groups attached to an aromatic ring is 1. The van der Waals surface area contributed by atoms with Crippen molar-refractivity contribution in [3.8, 4) is 17.1 Å². The molecule has 0 aliphatic carbocycles. The van der Waals surface area contributed by atoms with Gasteiger partial charge in [-0.05, 0) is 63.5 Å². The number of likely N-dealkylation sites (tertiary alicyclic amines) is 1. The van der Waals surface area contributed by atoms with Gasteiger partial charge in [-0.15, -0.1) is 0 Å². The summed E-state index contributed by atoms with van der Waals surface area (Å²) in [5.41, 5.74) is 6.81. The molecular weight excluding hydrogens is 575 g/mol. The van der Waals surface area contributed by atoms with Crippen LogP contribution in [0.25, 0.3) is 32.2 Å². The van der Waals surface area contributed by atoms with Gasteiger partial charge >= 0.3 is 6.01 Å². The second kappa shape index (κ2) is 10.1. The number of nitrogens with zero attached hydrogens (tertiary/aromatic N) is 5. The molecule has 5 heterocycles. The second-order valence-corrected chi connectivity index (χ2v) is 12.7. The van der Waals surface area contributed by atoms with Crippen LogP contribution in [0, 0.1) is 5.82 Å². The molecule has 3 aliphatic rings. The van der Waals surface area contributed by atoms with Crippen LogP contribution >= 0.6 is 22.9 Å². The van der Waals surface area contributed by atoms with Crippen LogP contribution in [-0.2, 0) is 0 Å². The molecular formula is C28H29ClF3N7OS. The van der Waals surface area contributed by atoms with Crippen LogP contribution < -0.4 is 20.7 Å². The molecule has 3 atom stereocenters. The number of thiazole rings is 1. The van der Waals surface area contributed by atoms with E-state index >= 15 is 0 Å². The van der Waals surface area contributed by atoms with Gasteiger partial charge in [0.1, 0.15) is 18.2 Å². The van der Waals surface area contributed by atoms with Crippen LogP contribution in [0.1, 0.15) is 25.7 Å². The summed E-state index contributed by atoms with van der Waals surface area (Å²) in [6.45, 7) is 2.06. The smallest absolute Gasteiger partial charge is 0.319 e. The zero-order valence-electron chi connectivity index (χ0n) is 22.3. The van der Waals surface area contributed by atoms with E-state index in [1.807, 2.05) is 4.90 Å². The number of hydrogen-bond donors (Lipinski definition) is 2. The van der Waals surface area contributed by atoms with Gasteiger partial charge in [-0.2, -0.15) is 9.97 Å². The van der Waals surface area contributed by atoms with Gasteiger partial charge in [-0.3, -0.25) is 0 Å². The Hall–Kier alpha value is -2.93. The van der Waals surface area contributed by atoms with Crippen molar-refractivity contribution in [1.29, 1.82) is 0 Å². The fraction of sp³-hybridized carbons (Fsp3) is 0.464. The van der Waals surface area contributed by atoms with E-state index in [4.69, 9.17) is 32.0 Å². The first kappa shape index (κ1) is 26.9. The molecule has 41 heavy (non-hydrogen) atoms. The molecule has 2 aromatic carbocycles. The average Bonchev–Trinajstić information content (AvgIpc) is 3.63. The third kappa shape index (κ3) is 4.65. The van der Waals surface area contributed by atoms with E-state index in [0.717, 1.165) is 30.7 Å². The number of nitrogens with one attached hydrogen (secondary N) is 1. The number of benzene rings is 2. The van der Waals surface area contributed by atoms with Gasteiger partial charge in [0.25, 0.3) is 6.43 Å². The first-order valence-electron chi connectivity index (χ1n) is 13.7. The SMILES string of the molecule is CN1CCCC1COc1nc(N2CC3CCC(C(F)F)(C2)N3)c2cc(Cl)c(-c3ccc(F)c4sc(N)nc34)cc2n1. The predicted octanol–water partition coefficient (Wildman–Crippen LogP) is 5.33. The summed E-state index contributed by atoms with van der Waals surface area (Å²) in [4.78, 5) is 18.0. The number of nitrogens with two attached hydrogens (primary N) is 1. The third-order valence-electron chi connectivity index (χ3n) is 8.68. The lowest BCUT2D eigenvalue weighted by atomic mass is 9.97. The minimum atomic E-state index is -2.52. The van der Waals surface area contributed by atoms with Crippen molar-refractivity contribution in [3.63, 3.8) is 0 Å². The average molecular weight is 604 g/mol. The number of anilines is 2. The molecule has 216 valence electrons. The summed E-state index contributed by atoms with van der Waals surface area (Å²) in [5.74, 6) is 0.104. The molecule has 0 spiro atoms. The van der Waals surface area contributed by atoms with Crippen LogP contribution in [0.15, 0.2) is 24.3 Å². The number of rotatable bonds is 6. The van der Waals surface area contributed by atoms with Crippen molar-refractivity contribution >= 4 is 55.0 Å². The van der Waals surface area contributed by atoms with Crippen LogP contribution in [-0.4, -0.2) is 77.2 Å². The van der Waals surface area contributed by atoms with Gasteiger partial charge in [0.05, 0.1) is 21.3 Å². The van der Waals surface area contributed by atoms with Crippen molar-refractivity contribution in [3.05, 3.63) is 35.1 Å². The molecule has 2 bridgehead atoms. The van der Waals surface area contributed by atoms with Crippen LogP contribution in [0.2, 0.25) is 5.02 Å². The standard InChI is InChI=1S/C28H29ClF3N7OS/c1-38-8-2-3-15(38)12-40-27-34-21-10-17(16-4-5-20(30)23-22(16)35-26(33)41-23)19(29)9-18(21)24(36-27)39-11-14-6-7-28(13-39,37-14)25(31)32/h4-5,9-10,14-15,25,37H,2-3,6-8,11-13H2,1H3,(H2,33,35). The molecule has 3 saturated heterocycles. The number of likely N-dealkylation sites (N-methyl/N-ethyl adjacent to an activating group) is 1. The minimum Gasteiger partial charge on any atom is -0.462 e. The fourth-order valence-corrected chi connectivity index (χ4v) is 7.54. The molecule has 3 fully saturated rings. The third-order valence-corrected chi connectivity index (χ3v) is 9.89. The highest BCUT2D eigenvalue weighted by atomic mass is 35.5. The van der Waals surface area contributed by atoms with Gasteiger partial charge in [0.15, 0.2) is 5.13 Å². The summed E-state index contributed by atoms with van der Waals surface area (Å²) < 4.78 is 49.6. The molecule has 4 aromatic rings.